The maximum absolute atomic E-state index is 12.4. The highest BCUT2D eigenvalue weighted by molar-refractivity contribution is 5.84. The summed E-state index contributed by atoms with van der Waals surface area (Å²) in [5, 5.41) is 10.0. The van der Waals surface area contributed by atoms with Crippen LogP contribution in [-0.2, 0) is 27.4 Å². The second-order valence-corrected chi connectivity index (χ2v) is 7.48. The summed E-state index contributed by atoms with van der Waals surface area (Å²) in [7, 11) is 1.56. The van der Waals surface area contributed by atoms with Gasteiger partial charge >= 0.3 is 6.09 Å². The van der Waals surface area contributed by atoms with E-state index in [0.717, 1.165) is 16.7 Å². The Labute approximate surface area is 197 Å². The number of rotatable bonds is 10. The van der Waals surface area contributed by atoms with Crippen LogP contribution in [0.4, 0.5) is 10.5 Å². The van der Waals surface area contributed by atoms with E-state index in [0.29, 0.717) is 31.0 Å². The predicted octanol–water partition coefficient (Wildman–Crippen LogP) is 3.18. The summed E-state index contributed by atoms with van der Waals surface area (Å²) >= 11 is 0. The lowest BCUT2D eigenvalue weighted by Crippen LogP contribution is -2.23. The minimum Gasteiger partial charge on any atom is -0.450 e. The molecule has 34 heavy (non-hydrogen) atoms. The average molecular weight is 465 g/mol. The molecule has 0 radical (unpaired) electrons. The zero-order valence-electron chi connectivity index (χ0n) is 19.2. The number of benzene rings is 2. The van der Waals surface area contributed by atoms with Gasteiger partial charge in [0.1, 0.15) is 0 Å². The third kappa shape index (κ3) is 7.28. The fraction of sp³-hybridized carbons (Fsp3) is 0.280. The van der Waals surface area contributed by atoms with E-state index in [2.05, 4.69) is 15.7 Å². The lowest BCUT2D eigenvalue weighted by Gasteiger charge is -2.10. The number of nitrogens with one attached hydrogen (secondary N) is 2. The molecule has 0 aliphatic rings. The van der Waals surface area contributed by atoms with Gasteiger partial charge in [-0.3, -0.25) is 14.9 Å². The number of ether oxygens (including phenoxy) is 2. The number of carbonyl (C=O) groups is 2. The minimum absolute atomic E-state index is 0.0683. The lowest BCUT2D eigenvalue weighted by molar-refractivity contribution is -0.122. The smallest absolute Gasteiger partial charge is 0.411 e. The Balaban J connectivity index is 1.69. The first-order valence-electron chi connectivity index (χ1n) is 10.9. The van der Waals surface area contributed by atoms with Gasteiger partial charge < -0.3 is 14.8 Å². The number of carbonyl (C=O) groups excluding carboxylic acids is 2. The molecule has 0 bridgehead atoms. The van der Waals surface area contributed by atoms with Crippen molar-refractivity contribution in [2.75, 3.05) is 25.6 Å². The van der Waals surface area contributed by atoms with Crippen molar-refractivity contribution in [1.29, 1.82) is 0 Å². The van der Waals surface area contributed by atoms with E-state index >= 15 is 0 Å². The van der Waals surface area contributed by atoms with Crippen molar-refractivity contribution < 1.29 is 19.1 Å². The molecule has 3 aromatic rings. The van der Waals surface area contributed by atoms with Crippen LogP contribution in [0.3, 0.4) is 0 Å². The Morgan fingerprint density at radius 1 is 1.03 bits per heavy atom. The van der Waals surface area contributed by atoms with Crippen LogP contribution < -0.4 is 16.2 Å². The summed E-state index contributed by atoms with van der Waals surface area (Å²) in [6.45, 7) is 3.07. The van der Waals surface area contributed by atoms with Crippen LogP contribution >= 0.6 is 0 Å². The Morgan fingerprint density at radius 2 is 1.82 bits per heavy atom. The molecule has 178 valence electrons. The molecule has 2 aromatic carbocycles. The number of methoxy groups -OCH3 is 1. The summed E-state index contributed by atoms with van der Waals surface area (Å²) < 4.78 is 11.2. The van der Waals surface area contributed by atoms with Crippen LogP contribution in [0, 0.1) is 0 Å². The number of nitrogens with zero attached hydrogens (tertiary/aromatic N) is 2. The SMILES string of the molecule is CCOC(=O)Nc1cccc(Cn2nc(-c3ccc(CNC(=O)CCOC)cc3)ccc2=O)c1. The molecule has 1 heterocycles. The van der Waals surface area contributed by atoms with Gasteiger partial charge in [0.25, 0.3) is 5.56 Å². The minimum atomic E-state index is -0.532. The van der Waals surface area contributed by atoms with Crippen molar-refractivity contribution in [3.63, 3.8) is 0 Å². The van der Waals surface area contributed by atoms with E-state index in [1.807, 2.05) is 30.3 Å². The van der Waals surface area contributed by atoms with Gasteiger partial charge in [0.2, 0.25) is 5.91 Å². The van der Waals surface area contributed by atoms with Crippen LogP contribution in [0.1, 0.15) is 24.5 Å². The van der Waals surface area contributed by atoms with E-state index in [4.69, 9.17) is 9.47 Å². The fourth-order valence-electron chi connectivity index (χ4n) is 3.20. The monoisotopic (exact) mass is 464 g/mol. The fourth-order valence-corrected chi connectivity index (χ4v) is 3.20. The normalized spacial score (nSPS) is 10.5. The van der Waals surface area contributed by atoms with E-state index in [9.17, 15) is 14.4 Å². The summed E-state index contributed by atoms with van der Waals surface area (Å²) in [4.78, 5) is 35.8. The molecule has 3 rings (SSSR count). The molecule has 9 nitrogen and oxygen atoms in total. The topological polar surface area (TPSA) is 112 Å². The molecular formula is C25H28N4O5. The van der Waals surface area contributed by atoms with Gasteiger partial charge in [-0.1, -0.05) is 36.4 Å². The van der Waals surface area contributed by atoms with Gasteiger partial charge in [-0.25, -0.2) is 9.48 Å². The molecule has 9 heteroatoms. The number of anilines is 1. The van der Waals surface area contributed by atoms with Crippen molar-refractivity contribution >= 4 is 17.7 Å². The highest BCUT2D eigenvalue weighted by atomic mass is 16.5. The summed E-state index contributed by atoms with van der Waals surface area (Å²) in [5.74, 6) is -0.0683. The van der Waals surface area contributed by atoms with E-state index in [-0.39, 0.29) is 24.6 Å². The van der Waals surface area contributed by atoms with Crippen LogP contribution in [-0.4, -0.2) is 42.1 Å². The van der Waals surface area contributed by atoms with E-state index in [1.54, 1.807) is 38.3 Å². The first-order chi connectivity index (χ1) is 16.5. The highest BCUT2D eigenvalue weighted by Gasteiger charge is 2.07. The number of hydrogen-bond acceptors (Lipinski definition) is 6. The second-order valence-electron chi connectivity index (χ2n) is 7.48. The maximum atomic E-state index is 12.4. The first kappa shape index (κ1) is 24.7. The number of hydrogen-bond donors (Lipinski definition) is 2. The molecule has 0 saturated carbocycles. The number of aromatic nitrogens is 2. The third-order valence-electron chi connectivity index (χ3n) is 4.92. The Hall–Kier alpha value is -3.98. The molecule has 0 aliphatic carbocycles. The summed E-state index contributed by atoms with van der Waals surface area (Å²) in [6.07, 6.45) is -0.211. The highest BCUT2D eigenvalue weighted by Crippen LogP contribution is 2.17. The largest absolute Gasteiger partial charge is 0.450 e. The Morgan fingerprint density at radius 3 is 2.56 bits per heavy atom. The van der Waals surface area contributed by atoms with Crippen LogP contribution in [0.5, 0.6) is 0 Å². The molecule has 0 spiro atoms. The van der Waals surface area contributed by atoms with Crippen LogP contribution in [0.15, 0.2) is 65.5 Å². The molecule has 2 amide bonds. The standard InChI is InChI=1S/C25H28N4O5/c1-3-34-25(32)27-21-6-4-5-19(15-21)17-29-24(31)12-11-22(28-29)20-9-7-18(8-10-20)16-26-23(30)13-14-33-2/h4-12,15H,3,13-14,16-17H2,1-2H3,(H,26,30)(H,27,32). The molecule has 0 aliphatic heterocycles. The van der Waals surface area contributed by atoms with Gasteiger partial charge in [-0.15, -0.1) is 0 Å². The zero-order chi connectivity index (χ0) is 24.3. The molecule has 0 saturated heterocycles. The third-order valence-corrected chi connectivity index (χ3v) is 4.92. The molecule has 1 aromatic heterocycles. The summed E-state index contributed by atoms with van der Waals surface area (Å²) in [6, 6.07) is 17.9. The van der Waals surface area contributed by atoms with Crippen molar-refractivity contribution in [3.8, 4) is 11.3 Å². The lowest BCUT2D eigenvalue weighted by atomic mass is 10.1. The molecule has 0 atom stereocenters. The van der Waals surface area contributed by atoms with Gasteiger partial charge in [0, 0.05) is 37.4 Å². The van der Waals surface area contributed by atoms with Crippen molar-refractivity contribution in [1.82, 2.24) is 15.1 Å². The quantitative estimate of drug-likeness (QED) is 0.477. The van der Waals surface area contributed by atoms with E-state index < -0.39 is 6.09 Å². The second kappa shape index (κ2) is 12.3. The van der Waals surface area contributed by atoms with Gasteiger partial charge in [-0.2, -0.15) is 5.10 Å². The predicted molar refractivity (Wildman–Crippen MR) is 128 cm³/mol. The summed E-state index contributed by atoms with van der Waals surface area (Å²) in [5.41, 5.74) is 3.60. The maximum Gasteiger partial charge on any atom is 0.411 e. The molecule has 0 fully saturated rings. The molecular weight excluding hydrogens is 436 g/mol. The Kier molecular flexibility index (Phi) is 8.93. The first-order valence-corrected chi connectivity index (χ1v) is 10.9. The van der Waals surface area contributed by atoms with Crippen molar-refractivity contribution in [2.45, 2.75) is 26.4 Å². The van der Waals surface area contributed by atoms with Gasteiger partial charge in [-0.05, 0) is 36.2 Å². The molecule has 2 N–H and O–H groups in total. The van der Waals surface area contributed by atoms with Gasteiger partial charge in [0.05, 0.1) is 25.5 Å². The molecule has 0 unspecified atom stereocenters. The number of amides is 2. The van der Waals surface area contributed by atoms with Crippen molar-refractivity contribution in [2.24, 2.45) is 0 Å². The Bertz CT molecular complexity index is 1170. The zero-order valence-corrected chi connectivity index (χ0v) is 19.2. The average Bonchev–Trinajstić information content (AvgIpc) is 2.83. The van der Waals surface area contributed by atoms with Crippen LogP contribution in [0.25, 0.3) is 11.3 Å². The van der Waals surface area contributed by atoms with Crippen LogP contribution in [0.2, 0.25) is 0 Å². The van der Waals surface area contributed by atoms with Crippen molar-refractivity contribution in [3.05, 3.63) is 82.1 Å². The van der Waals surface area contributed by atoms with Gasteiger partial charge in [0.15, 0.2) is 0 Å². The van der Waals surface area contributed by atoms with E-state index in [1.165, 1.54) is 10.7 Å².